The van der Waals surface area contributed by atoms with Crippen LogP contribution in [0.2, 0.25) is 0 Å². The van der Waals surface area contributed by atoms with Gasteiger partial charge in [-0.05, 0) is 116 Å². The number of rotatable bonds is 13. The molecule has 0 aromatic heterocycles. The second-order valence-corrected chi connectivity index (χ2v) is 28.1. The summed E-state index contributed by atoms with van der Waals surface area (Å²) in [4.78, 5) is 15.2. The van der Waals surface area contributed by atoms with Crippen molar-refractivity contribution >= 4 is 5.97 Å². The fourth-order valence-electron chi connectivity index (χ4n) is 17.8. The van der Waals surface area contributed by atoms with Gasteiger partial charge < -0.3 is 124 Å². The molecule has 0 bridgehead atoms. The van der Waals surface area contributed by atoms with Crippen LogP contribution in [-0.4, -0.2) is 263 Å². The lowest BCUT2D eigenvalue weighted by Gasteiger charge is -2.71. The number of fused-ring (bicyclic) bond motifs is 7. The minimum absolute atomic E-state index is 0.0289. The first-order chi connectivity index (χ1) is 39.9. The third-order valence-corrected chi connectivity index (χ3v) is 23.4. The number of hydrogen-bond donors (Lipinski definition) is 15. The van der Waals surface area contributed by atoms with Crippen molar-refractivity contribution in [1.29, 1.82) is 0 Å². The van der Waals surface area contributed by atoms with E-state index < -0.39 is 190 Å². The van der Waals surface area contributed by atoms with Crippen molar-refractivity contribution in [3.05, 3.63) is 11.6 Å². The highest BCUT2D eigenvalue weighted by Crippen LogP contribution is 2.76. The fraction of sp³-hybridized carbons (Fsp3) is 0.949. The molecule has 0 amide bonds. The Hall–Kier alpha value is -1.75. The standard InChI is InChI=1S/C59H96O26/c1-23-11-16-59(54(75)85-52-46(74)42(70)38(66)30(81-52)22-77-49-43(71)40(68)36(64)28(19-60)79-49)18-17-57(7)26(34(59)24(23)2)9-10-32-56(6)14-13-33(55(4,5)31(56)12-15-58(32,57)8)82-53-48(84-50-44(72)39(67)35(63)25(3)78-50)47(27(62)21-76-53)83-51-45(73)41(69)37(65)29(20-61)80-51/h9,23-25,27-53,60-74H,10-22H2,1-8H3/t23-,24+,25+,27+,28-,29-,30-,31+,32-,33+,34+,35+,36-,37-,38-,39-,40+,41+,42+,43-,44-,45-,46-,47+,48-,49-,50+,51+,52+,53+,56+,57-,58-,59+/m1/s1. The van der Waals surface area contributed by atoms with Crippen molar-refractivity contribution in [2.24, 2.45) is 56.7 Å². The lowest BCUT2D eigenvalue weighted by molar-refractivity contribution is -0.388. The van der Waals surface area contributed by atoms with Gasteiger partial charge in [0.2, 0.25) is 6.29 Å². The fourth-order valence-corrected chi connectivity index (χ4v) is 17.8. The maximum atomic E-state index is 15.2. The molecule has 0 radical (unpaired) electrons. The van der Waals surface area contributed by atoms with Crippen LogP contribution in [0.1, 0.15) is 113 Å². The molecule has 0 spiro atoms. The summed E-state index contributed by atoms with van der Waals surface area (Å²) in [5.41, 5.74) is -1.25. The van der Waals surface area contributed by atoms with Gasteiger partial charge in [-0.3, -0.25) is 4.79 Å². The zero-order chi connectivity index (χ0) is 61.9. The second-order valence-electron chi connectivity index (χ2n) is 28.1. The van der Waals surface area contributed by atoms with Gasteiger partial charge in [-0.2, -0.15) is 0 Å². The smallest absolute Gasteiger partial charge is 0.315 e. The molecule has 5 saturated heterocycles. The van der Waals surface area contributed by atoms with Crippen LogP contribution in [-0.2, 0) is 52.2 Å². The van der Waals surface area contributed by atoms with Crippen LogP contribution >= 0.6 is 0 Å². The zero-order valence-corrected chi connectivity index (χ0v) is 49.8. The van der Waals surface area contributed by atoms with E-state index in [0.29, 0.717) is 25.7 Å². The van der Waals surface area contributed by atoms with Gasteiger partial charge in [0, 0.05) is 0 Å². The van der Waals surface area contributed by atoms with Gasteiger partial charge in [0.15, 0.2) is 25.2 Å². The van der Waals surface area contributed by atoms with E-state index in [1.807, 2.05) is 0 Å². The van der Waals surface area contributed by atoms with Crippen LogP contribution in [0.4, 0.5) is 0 Å². The first-order valence-corrected chi connectivity index (χ1v) is 30.7. The van der Waals surface area contributed by atoms with Crippen molar-refractivity contribution < 1.29 is 129 Å². The normalized spacial score (nSPS) is 55.3. The third kappa shape index (κ3) is 11.0. The minimum atomic E-state index is -1.85. The Labute approximate surface area is 494 Å². The number of hydrogen-bond acceptors (Lipinski definition) is 26. The summed E-state index contributed by atoms with van der Waals surface area (Å²) in [6.07, 6.45) is -30.6. The maximum Gasteiger partial charge on any atom is 0.315 e. The van der Waals surface area contributed by atoms with E-state index >= 15 is 4.79 Å². The van der Waals surface area contributed by atoms with Crippen molar-refractivity contribution in [1.82, 2.24) is 0 Å². The summed E-state index contributed by atoms with van der Waals surface area (Å²) >= 11 is 0. The Bertz CT molecular complexity index is 2350. The second kappa shape index (κ2) is 24.7. The lowest BCUT2D eigenvalue weighted by atomic mass is 9.33. The highest BCUT2D eigenvalue weighted by molar-refractivity contribution is 5.79. The Balaban J connectivity index is 0.876. The number of ether oxygens (including phenoxy) is 10. The summed E-state index contributed by atoms with van der Waals surface area (Å²) in [5, 5.41) is 160. The van der Waals surface area contributed by atoms with Crippen molar-refractivity contribution in [2.45, 2.75) is 267 Å². The Morgan fingerprint density at radius 1 is 0.553 bits per heavy atom. The van der Waals surface area contributed by atoms with Gasteiger partial charge in [-0.25, -0.2) is 0 Å². The molecule has 4 saturated carbocycles. The van der Waals surface area contributed by atoms with Gasteiger partial charge in [0.05, 0.1) is 44.1 Å². The van der Waals surface area contributed by atoms with Gasteiger partial charge in [-0.15, -0.1) is 0 Å². The molecule has 488 valence electrons. The summed E-state index contributed by atoms with van der Waals surface area (Å²) in [7, 11) is 0. The van der Waals surface area contributed by atoms with E-state index in [0.717, 1.165) is 32.1 Å². The minimum Gasteiger partial charge on any atom is -0.432 e. The molecule has 85 heavy (non-hydrogen) atoms. The van der Waals surface area contributed by atoms with Crippen molar-refractivity contribution in [3.8, 4) is 0 Å². The Morgan fingerprint density at radius 2 is 1.11 bits per heavy atom. The van der Waals surface area contributed by atoms with E-state index in [-0.39, 0.29) is 52.4 Å². The molecule has 9 fully saturated rings. The molecule has 26 nitrogen and oxygen atoms in total. The number of aliphatic hydroxyl groups excluding tert-OH is 15. The molecule has 26 heteroatoms. The van der Waals surface area contributed by atoms with Gasteiger partial charge in [-0.1, -0.05) is 60.1 Å². The average molecular weight is 1220 g/mol. The molecular formula is C59H96O26. The molecular weight excluding hydrogens is 1120 g/mol. The van der Waals surface area contributed by atoms with Gasteiger partial charge in [0.25, 0.3) is 0 Å². The van der Waals surface area contributed by atoms with E-state index in [1.54, 1.807) is 0 Å². The number of allylic oxidation sites excluding steroid dienone is 2. The first-order valence-electron chi connectivity index (χ1n) is 30.7. The maximum absolute atomic E-state index is 15.2. The van der Waals surface area contributed by atoms with Gasteiger partial charge in [0.1, 0.15) is 110 Å². The van der Waals surface area contributed by atoms with Crippen LogP contribution in [0.15, 0.2) is 11.6 Å². The van der Waals surface area contributed by atoms with E-state index in [1.165, 1.54) is 12.5 Å². The number of aliphatic hydroxyl groups is 15. The predicted octanol–water partition coefficient (Wildman–Crippen LogP) is -2.69. The monoisotopic (exact) mass is 1220 g/mol. The molecule has 5 heterocycles. The number of carbonyl (C=O) groups excluding carboxylic acids is 1. The van der Waals surface area contributed by atoms with Crippen LogP contribution in [0.3, 0.4) is 0 Å². The Kier molecular flexibility index (Phi) is 19.2. The van der Waals surface area contributed by atoms with Crippen molar-refractivity contribution in [3.63, 3.8) is 0 Å². The average Bonchev–Trinajstić information content (AvgIpc) is 0.749. The van der Waals surface area contributed by atoms with E-state index in [9.17, 15) is 76.6 Å². The first kappa shape index (κ1) is 66.2. The number of carbonyl (C=O) groups is 1. The molecule has 0 unspecified atom stereocenters. The predicted molar refractivity (Wildman–Crippen MR) is 288 cm³/mol. The highest BCUT2D eigenvalue weighted by atomic mass is 16.8. The third-order valence-electron chi connectivity index (χ3n) is 23.4. The molecule has 15 N–H and O–H groups in total. The molecule has 10 rings (SSSR count). The van der Waals surface area contributed by atoms with Crippen LogP contribution in [0, 0.1) is 56.7 Å². The van der Waals surface area contributed by atoms with Crippen LogP contribution in [0.25, 0.3) is 0 Å². The molecule has 5 aliphatic carbocycles. The molecule has 0 aromatic carbocycles. The summed E-state index contributed by atoms with van der Waals surface area (Å²) < 4.78 is 60.6. The highest BCUT2D eigenvalue weighted by Gasteiger charge is 2.71. The summed E-state index contributed by atoms with van der Waals surface area (Å²) in [5.74, 6) is -0.330. The zero-order valence-electron chi connectivity index (χ0n) is 49.8. The molecule has 0 aromatic rings. The van der Waals surface area contributed by atoms with E-state index in [2.05, 4.69) is 54.5 Å². The van der Waals surface area contributed by atoms with Gasteiger partial charge >= 0.3 is 5.97 Å². The quantitative estimate of drug-likeness (QED) is 0.0507. The summed E-state index contributed by atoms with van der Waals surface area (Å²) in [6.45, 7) is 15.0. The van der Waals surface area contributed by atoms with Crippen molar-refractivity contribution in [2.75, 3.05) is 26.4 Å². The molecule has 5 aliphatic heterocycles. The van der Waals surface area contributed by atoms with E-state index in [4.69, 9.17) is 47.4 Å². The topological polar surface area (TPSA) is 413 Å². The SMILES string of the molecule is C[C@H]1[C@H](C)CC[C@]2(C(=O)O[C@@H]3O[C@H](CO[C@@H]4O[C@H](CO)[C@@H](O)[C@H](O)[C@H]4O)[C@@H](O)[C@H](O)[C@H]3O)CC[C@]3(C)C(=CC[C@@H]4[C@@]5(C)CC[C@H](O[C@@H]6OC[C@H](O)[C@H](O[C@@H]7O[C@H](CO)[C@@H](O)[C@H](O)[C@H]7O)[C@H]6O[C@@H]6O[C@@H](C)[C@H](O)[C@@H](O)[C@H]6O)C(C)(C)[C@@H]5CC[C@]43C)[C@H]12. The largest absolute Gasteiger partial charge is 0.432 e. The molecule has 10 aliphatic rings. The number of esters is 1. The van der Waals surface area contributed by atoms with Crippen LogP contribution < -0.4 is 0 Å². The molecule has 34 atom stereocenters. The Morgan fingerprint density at radius 3 is 1.74 bits per heavy atom. The van der Waals surface area contributed by atoms with Crippen LogP contribution in [0.5, 0.6) is 0 Å². The summed E-state index contributed by atoms with van der Waals surface area (Å²) in [6, 6.07) is 0. The lowest BCUT2D eigenvalue weighted by Crippen LogP contribution is -2.67.